The number of aromatic nitrogens is 2. The number of fused-ring (bicyclic) bond motifs is 1. The third kappa shape index (κ3) is 4.60. The van der Waals surface area contributed by atoms with Gasteiger partial charge in [-0.15, -0.1) is 0 Å². The Morgan fingerprint density at radius 3 is 2.66 bits per heavy atom. The summed E-state index contributed by atoms with van der Waals surface area (Å²) in [5, 5.41) is 3.84. The van der Waals surface area contributed by atoms with Crippen LogP contribution in [0.4, 0.5) is 5.69 Å². The van der Waals surface area contributed by atoms with Crippen LogP contribution in [0.25, 0.3) is 10.9 Å². The topological polar surface area (TPSA) is 77.1 Å². The average molecular weight is 470 g/mol. The van der Waals surface area contributed by atoms with E-state index in [0.717, 1.165) is 4.47 Å². The van der Waals surface area contributed by atoms with Crippen molar-refractivity contribution in [2.75, 3.05) is 11.1 Å². The van der Waals surface area contributed by atoms with Gasteiger partial charge in [0.05, 0.1) is 29.5 Å². The third-order valence-electron chi connectivity index (χ3n) is 4.18. The van der Waals surface area contributed by atoms with Crippen LogP contribution in [-0.4, -0.2) is 21.2 Å². The van der Waals surface area contributed by atoms with E-state index < -0.39 is 0 Å². The molecule has 0 bridgehead atoms. The van der Waals surface area contributed by atoms with Crippen molar-refractivity contribution < 1.29 is 9.21 Å². The van der Waals surface area contributed by atoms with Gasteiger partial charge in [-0.2, -0.15) is 0 Å². The number of nitrogens with zero attached hydrogens (tertiary/aromatic N) is 2. The number of thioether (sulfide) groups is 1. The molecule has 0 aliphatic heterocycles. The Balaban J connectivity index is 1.58. The van der Waals surface area contributed by atoms with Gasteiger partial charge in [-0.3, -0.25) is 14.2 Å². The first-order chi connectivity index (χ1) is 14.1. The molecule has 0 saturated heterocycles. The van der Waals surface area contributed by atoms with Crippen molar-refractivity contribution in [3.8, 4) is 0 Å². The molecule has 0 aliphatic rings. The van der Waals surface area contributed by atoms with E-state index in [2.05, 4.69) is 26.2 Å². The summed E-state index contributed by atoms with van der Waals surface area (Å²) in [4.78, 5) is 30.0. The Kier molecular flexibility index (Phi) is 5.82. The predicted molar refractivity (Wildman–Crippen MR) is 117 cm³/mol. The van der Waals surface area contributed by atoms with E-state index in [1.54, 1.807) is 41.2 Å². The zero-order valence-corrected chi connectivity index (χ0v) is 17.6. The van der Waals surface area contributed by atoms with E-state index in [1.807, 2.05) is 30.3 Å². The third-order valence-corrected chi connectivity index (χ3v) is 5.69. The molecule has 2 heterocycles. The van der Waals surface area contributed by atoms with Gasteiger partial charge in [0.1, 0.15) is 5.76 Å². The molecule has 2 aromatic heterocycles. The molecule has 0 spiro atoms. The molecule has 4 rings (SSSR count). The number of amides is 1. The van der Waals surface area contributed by atoms with Gasteiger partial charge < -0.3 is 9.73 Å². The van der Waals surface area contributed by atoms with Crippen molar-refractivity contribution in [1.29, 1.82) is 0 Å². The highest BCUT2D eigenvalue weighted by molar-refractivity contribution is 9.10. The first kappa shape index (κ1) is 19.5. The molecule has 29 heavy (non-hydrogen) atoms. The molecule has 6 nitrogen and oxygen atoms in total. The van der Waals surface area contributed by atoms with Crippen LogP contribution in [0.15, 0.2) is 85.8 Å². The SMILES string of the molecule is O=C(CSc1nc2ccccc2c(=O)n1Cc1ccco1)Nc1ccc(Br)cc1. The standard InChI is InChI=1S/C21H16BrN3O3S/c22-14-7-9-15(10-8-14)23-19(26)13-29-21-24-18-6-2-1-5-17(18)20(27)25(21)12-16-4-3-11-28-16/h1-11H,12-13H2,(H,23,26). The number of nitrogens with one attached hydrogen (secondary N) is 1. The normalized spacial score (nSPS) is 10.9. The number of anilines is 1. The lowest BCUT2D eigenvalue weighted by atomic mass is 10.2. The first-order valence-electron chi connectivity index (χ1n) is 8.80. The van der Waals surface area contributed by atoms with Crippen LogP contribution in [0.3, 0.4) is 0 Å². The number of carbonyl (C=O) groups is 1. The highest BCUT2D eigenvalue weighted by Gasteiger charge is 2.14. The second-order valence-corrected chi connectivity index (χ2v) is 8.08. The molecule has 1 N–H and O–H groups in total. The van der Waals surface area contributed by atoms with Crippen molar-refractivity contribution in [2.45, 2.75) is 11.7 Å². The molecule has 2 aromatic carbocycles. The summed E-state index contributed by atoms with van der Waals surface area (Å²) < 4.78 is 7.87. The number of rotatable bonds is 6. The fourth-order valence-electron chi connectivity index (χ4n) is 2.82. The second kappa shape index (κ2) is 8.67. The summed E-state index contributed by atoms with van der Waals surface area (Å²) in [5.74, 6) is 0.591. The van der Waals surface area contributed by atoms with Crippen LogP contribution < -0.4 is 10.9 Å². The van der Waals surface area contributed by atoms with Gasteiger partial charge in [0.15, 0.2) is 5.16 Å². The van der Waals surface area contributed by atoms with Gasteiger partial charge in [0, 0.05) is 10.2 Å². The monoisotopic (exact) mass is 469 g/mol. The molecule has 0 saturated carbocycles. The summed E-state index contributed by atoms with van der Waals surface area (Å²) in [7, 11) is 0. The lowest BCUT2D eigenvalue weighted by molar-refractivity contribution is -0.113. The summed E-state index contributed by atoms with van der Waals surface area (Å²) >= 11 is 4.58. The van der Waals surface area contributed by atoms with Crippen LogP contribution in [0.2, 0.25) is 0 Å². The summed E-state index contributed by atoms with van der Waals surface area (Å²) in [6.45, 7) is 0.250. The van der Waals surface area contributed by atoms with Gasteiger partial charge in [0.2, 0.25) is 5.91 Å². The molecule has 8 heteroatoms. The van der Waals surface area contributed by atoms with Crippen molar-refractivity contribution in [3.05, 3.63) is 87.5 Å². The maximum atomic E-state index is 13.0. The van der Waals surface area contributed by atoms with Gasteiger partial charge in [0.25, 0.3) is 5.56 Å². The fraction of sp³-hybridized carbons (Fsp3) is 0.0952. The predicted octanol–water partition coefficient (Wildman–Crippen LogP) is 4.53. The molecule has 4 aromatic rings. The lowest BCUT2D eigenvalue weighted by Crippen LogP contribution is -2.24. The highest BCUT2D eigenvalue weighted by atomic mass is 79.9. The van der Waals surface area contributed by atoms with Crippen molar-refractivity contribution in [1.82, 2.24) is 9.55 Å². The molecule has 0 radical (unpaired) electrons. The molecular formula is C21H16BrN3O3S. The smallest absolute Gasteiger partial charge is 0.262 e. The minimum absolute atomic E-state index is 0.124. The number of para-hydroxylation sites is 1. The van der Waals surface area contributed by atoms with Crippen LogP contribution in [0.1, 0.15) is 5.76 Å². The van der Waals surface area contributed by atoms with E-state index in [1.165, 1.54) is 11.8 Å². The molecule has 1 amide bonds. The van der Waals surface area contributed by atoms with E-state index >= 15 is 0 Å². The maximum Gasteiger partial charge on any atom is 0.262 e. The van der Waals surface area contributed by atoms with Crippen LogP contribution in [0.5, 0.6) is 0 Å². The van der Waals surface area contributed by atoms with Gasteiger partial charge in [-0.1, -0.05) is 39.8 Å². The first-order valence-corrected chi connectivity index (χ1v) is 10.6. The summed E-state index contributed by atoms with van der Waals surface area (Å²) in [6, 6.07) is 18.1. The highest BCUT2D eigenvalue weighted by Crippen LogP contribution is 2.20. The number of benzene rings is 2. The van der Waals surface area contributed by atoms with Gasteiger partial charge in [-0.05, 0) is 48.5 Å². The number of hydrogen-bond acceptors (Lipinski definition) is 5. The van der Waals surface area contributed by atoms with E-state index in [-0.39, 0.29) is 23.8 Å². The van der Waals surface area contributed by atoms with Crippen molar-refractivity contribution in [3.63, 3.8) is 0 Å². The molecule has 0 atom stereocenters. The largest absolute Gasteiger partial charge is 0.467 e. The van der Waals surface area contributed by atoms with Crippen LogP contribution >= 0.6 is 27.7 Å². The van der Waals surface area contributed by atoms with Gasteiger partial charge >= 0.3 is 0 Å². The number of hydrogen-bond donors (Lipinski definition) is 1. The average Bonchev–Trinajstić information content (AvgIpc) is 3.24. The Morgan fingerprint density at radius 2 is 1.90 bits per heavy atom. The van der Waals surface area contributed by atoms with E-state index in [4.69, 9.17) is 4.42 Å². The Hall–Kier alpha value is -2.84. The second-order valence-electron chi connectivity index (χ2n) is 6.23. The van der Waals surface area contributed by atoms with Crippen molar-refractivity contribution >= 4 is 50.2 Å². The zero-order valence-electron chi connectivity index (χ0n) is 15.2. The van der Waals surface area contributed by atoms with Crippen molar-refractivity contribution in [2.24, 2.45) is 0 Å². The molecule has 0 fully saturated rings. The Labute approximate surface area is 179 Å². The number of carbonyl (C=O) groups excluding carboxylic acids is 1. The molecular weight excluding hydrogens is 454 g/mol. The lowest BCUT2D eigenvalue weighted by Gasteiger charge is -2.12. The molecule has 146 valence electrons. The molecule has 0 unspecified atom stereocenters. The Bertz CT molecular complexity index is 1200. The Morgan fingerprint density at radius 1 is 1.10 bits per heavy atom. The van der Waals surface area contributed by atoms with Crippen LogP contribution in [0, 0.1) is 0 Å². The maximum absolute atomic E-state index is 13.0. The van der Waals surface area contributed by atoms with E-state index in [0.29, 0.717) is 27.5 Å². The minimum atomic E-state index is -0.177. The van der Waals surface area contributed by atoms with Gasteiger partial charge in [-0.25, -0.2) is 4.98 Å². The fourth-order valence-corrected chi connectivity index (χ4v) is 3.88. The zero-order chi connectivity index (χ0) is 20.2. The quantitative estimate of drug-likeness (QED) is 0.331. The summed E-state index contributed by atoms with van der Waals surface area (Å²) in [5.41, 5.74) is 1.14. The number of halogens is 1. The van der Waals surface area contributed by atoms with Crippen LogP contribution in [-0.2, 0) is 11.3 Å². The molecule has 0 aliphatic carbocycles. The minimum Gasteiger partial charge on any atom is -0.467 e. The van der Waals surface area contributed by atoms with E-state index in [9.17, 15) is 9.59 Å². The summed E-state index contributed by atoms with van der Waals surface area (Å²) in [6.07, 6.45) is 1.56. The number of furan rings is 1.